The first-order chi connectivity index (χ1) is 5.22. The maximum absolute atomic E-state index is 5.36. The van der Waals surface area contributed by atoms with Crippen LogP contribution in [-0.4, -0.2) is 30.7 Å². The van der Waals surface area contributed by atoms with Gasteiger partial charge in [-0.05, 0) is 0 Å². The van der Waals surface area contributed by atoms with Crippen LogP contribution >= 0.6 is 22.6 Å². The minimum atomic E-state index is -0.399. The number of ether oxygens (including phenoxy) is 3. The van der Waals surface area contributed by atoms with Gasteiger partial charge in [-0.3, -0.25) is 0 Å². The molecule has 1 aliphatic rings. The fourth-order valence-corrected chi connectivity index (χ4v) is 2.13. The second-order valence-corrected chi connectivity index (χ2v) is 3.94. The molecular formula is C7H13IO3. The molecule has 0 radical (unpaired) electrons. The highest BCUT2D eigenvalue weighted by Crippen LogP contribution is 2.31. The van der Waals surface area contributed by atoms with Crippen LogP contribution in [0.3, 0.4) is 0 Å². The van der Waals surface area contributed by atoms with Gasteiger partial charge in [0.25, 0.3) is 0 Å². The van der Waals surface area contributed by atoms with E-state index in [9.17, 15) is 0 Å². The van der Waals surface area contributed by atoms with Gasteiger partial charge < -0.3 is 14.2 Å². The van der Waals surface area contributed by atoms with Gasteiger partial charge in [-0.25, -0.2) is 0 Å². The lowest BCUT2D eigenvalue weighted by molar-refractivity contribution is -0.244. The second kappa shape index (κ2) is 4.02. The molecule has 0 amide bonds. The summed E-state index contributed by atoms with van der Waals surface area (Å²) in [6.07, 6.45) is 1.63. The summed E-state index contributed by atoms with van der Waals surface area (Å²) in [4.78, 5) is 0. The molecule has 1 heterocycles. The molecule has 4 heteroatoms. The molecule has 1 fully saturated rings. The lowest BCUT2D eigenvalue weighted by Crippen LogP contribution is -2.42. The van der Waals surface area contributed by atoms with E-state index in [0.717, 1.165) is 19.4 Å². The van der Waals surface area contributed by atoms with Gasteiger partial charge in [0.2, 0.25) is 0 Å². The van der Waals surface area contributed by atoms with Gasteiger partial charge in [-0.2, -0.15) is 0 Å². The van der Waals surface area contributed by atoms with Crippen LogP contribution in [0.15, 0.2) is 0 Å². The smallest absolute Gasteiger partial charge is 0.172 e. The largest absolute Gasteiger partial charge is 0.367 e. The van der Waals surface area contributed by atoms with Crippen molar-refractivity contribution in [3.8, 4) is 0 Å². The predicted molar refractivity (Wildman–Crippen MR) is 49.7 cm³/mol. The monoisotopic (exact) mass is 272 g/mol. The van der Waals surface area contributed by atoms with Crippen molar-refractivity contribution in [2.45, 2.75) is 22.7 Å². The average Bonchev–Trinajstić information content (AvgIpc) is 2.04. The molecule has 1 aliphatic heterocycles. The molecular weight excluding hydrogens is 259 g/mol. The van der Waals surface area contributed by atoms with Crippen molar-refractivity contribution in [1.82, 2.24) is 0 Å². The van der Waals surface area contributed by atoms with Gasteiger partial charge in [0.15, 0.2) is 5.79 Å². The number of alkyl halides is 1. The van der Waals surface area contributed by atoms with E-state index in [-0.39, 0.29) is 4.11 Å². The number of methoxy groups -OCH3 is 2. The van der Waals surface area contributed by atoms with E-state index in [4.69, 9.17) is 14.2 Å². The number of hydrogen-bond donors (Lipinski definition) is 0. The predicted octanol–water partition coefficient (Wildman–Crippen LogP) is 1.55. The summed E-state index contributed by atoms with van der Waals surface area (Å²) < 4.78 is 16.2. The van der Waals surface area contributed by atoms with Crippen molar-refractivity contribution < 1.29 is 14.2 Å². The summed E-state index contributed by atoms with van der Waals surface area (Å²) in [6, 6.07) is 0. The molecule has 0 spiro atoms. The zero-order valence-corrected chi connectivity index (χ0v) is 8.96. The normalized spacial score (nSPS) is 30.3. The first kappa shape index (κ1) is 9.70. The third-order valence-electron chi connectivity index (χ3n) is 2.00. The van der Waals surface area contributed by atoms with Gasteiger partial charge in [0.05, 0.1) is 6.61 Å². The van der Waals surface area contributed by atoms with E-state index in [2.05, 4.69) is 22.6 Å². The molecule has 0 aromatic carbocycles. The molecule has 66 valence electrons. The van der Waals surface area contributed by atoms with Crippen LogP contribution in [0, 0.1) is 0 Å². The van der Waals surface area contributed by atoms with E-state index in [1.807, 2.05) is 0 Å². The van der Waals surface area contributed by atoms with Gasteiger partial charge in [-0.15, -0.1) is 0 Å². The summed E-state index contributed by atoms with van der Waals surface area (Å²) >= 11 is 2.25. The first-order valence-electron chi connectivity index (χ1n) is 3.58. The van der Waals surface area contributed by atoms with Crippen molar-refractivity contribution in [2.75, 3.05) is 20.8 Å². The Morgan fingerprint density at radius 1 is 1.45 bits per heavy atom. The molecule has 1 unspecified atom stereocenters. The molecule has 1 atom stereocenters. The SMILES string of the molecule is COC1(OC)CCOC(I)C1. The quantitative estimate of drug-likeness (QED) is 0.433. The molecule has 11 heavy (non-hydrogen) atoms. The summed E-state index contributed by atoms with van der Waals surface area (Å²) in [5, 5.41) is 0. The summed E-state index contributed by atoms with van der Waals surface area (Å²) in [5.74, 6) is -0.399. The van der Waals surface area contributed by atoms with Crippen molar-refractivity contribution in [3.05, 3.63) is 0 Å². The Bertz CT molecular complexity index is 125. The van der Waals surface area contributed by atoms with Crippen LogP contribution in [-0.2, 0) is 14.2 Å². The Labute approximate surface area is 80.5 Å². The van der Waals surface area contributed by atoms with E-state index in [1.165, 1.54) is 0 Å². The van der Waals surface area contributed by atoms with Gasteiger partial charge >= 0.3 is 0 Å². The molecule has 0 aliphatic carbocycles. The fourth-order valence-electron chi connectivity index (χ4n) is 1.20. The maximum Gasteiger partial charge on any atom is 0.172 e. The molecule has 1 saturated heterocycles. The minimum Gasteiger partial charge on any atom is -0.367 e. The Hall–Kier alpha value is 0.610. The number of hydrogen-bond acceptors (Lipinski definition) is 3. The van der Waals surface area contributed by atoms with Crippen molar-refractivity contribution in [3.63, 3.8) is 0 Å². The molecule has 3 nitrogen and oxygen atoms in total. The molecule has 1 rings (SSSR count). The third kappa shape index (κ3) is 2.27. The van der Waals surface area contributed by atoms with Crippen LogP contribution in [0.25, 0.3) is 0 Å². The standard InChI is InChI=1S/C7H13IO3/c1-9-7(10-2)3-4-11-6(8)5-7/h6H,3-5H2,1-2H3. The van der Waals surface area contributed by atoms with E-state index < -0.39 is 5.79 Å². The molecule has 0 saturated carbocycles. The number of rotatable bonds is 2. The highest BCUT2D eigenvalue weighted by molar-refractivity contribution is 14.1. The third-order valence-corrected chi connectivity index (χ3v) is 2.80. The average molecular weight is 272 g/mol. The molecule has 0 aromatic heterocycles. The lowest BCUT2D eigenvalue weighted by Gasteiger charge is -2.36. The topological polar surface area (TPSA) is 27.7 Å². The first-order valence-corrected chi connectivity index (χ1v) is 4.83. The molecule has 0 bridgehead atoms. The van der Waals surface area contributed by atoms with Crippen molar-refractivity contribution >= 4 is 22.6 Å². The minimum absolute atomic E-state index is 0.209. The van der Waals surface area contributed by atoms with Crippen LogP contribution in [0.1, 0.15) is 12.8 Å². The van der Waals surface area contributed by atoms with Gasteiger partial charge in [0.1, 0.15) is 4.11 Å². The summed E-state index contributed by atoms with van der Waals surface area (Å²) in [7, 11) is 3.36. The van der Waals surface area contributed by atoms with Crippen LogP contribution in [0.4, 0.5) is 0 Å². The van der Waals surface area contributed by atoms with Gasteiger partial charge in [0, 0.05) is 27.1 Å². The second-order valence-electron chi connectivity index (χ2n) is 2.55. The zero-order valence-electron chi connectivity index (χ0n) is 6.80. The van der Waals surface area contributed by atoms with Crippen LogP contribution in [0.2, 0.25) is 0 Å². The van der Waals surface area contributed by atoms with Crippen LogP contribution in [0.5, 0.6) is 0 Å². The molecule has 0 aromatic rings. The van der Waals surface area contributed by atoms with E-state index in [0.29, 0.717) is 0 Å². The van der Waals surface area contributed by atoms with Crippen LogP contribution < -0.4 is 0 Å². The zero-order chi connectivity index (χ0) is 8.32. The van der Waals surface area contributed by atoms with Crippen molar-refractivity contribution in [2.24, 2.45) is 0 Å². The fraction of sp³-hybridized carbons (Fsp3) is 1.00. The summed E-state index contributed by atoms with van der Waals surface area (Å²) in [6.45, 7) is 0.718. The Morgan fingerprint density at radius 3 is 2.45 bits per heavy atom. The Balaban J connectivity index is 2.52. The Kier molecular flexibility index (Phi) is 3.54. The van der Waals surface area contributed by atoms with E-state index >= 15 is 0 Å². The Morgan fingerprint density at radius 2 is 2.09 bits per heavy atom. The van der Waals surface area contributed by atoms with E-state index in [1.54, 1.807) is 14.2 Å². The van der Waals surface area contributed by atoms with Gasteiger partial charge in [-0.1, -0.05) is 22.6 Å². The van der Waals surface area contributed by atoms with Crippen molar-refractivity contribution in [1.29, 1.82) is 0 Å². The lowest BCUT2D eigenvalue weighted by atomic mass is 10.1. The molecule has 0 N–H and O–H groups in total. The summed E-state index contributed by atoms with van der Waals surface area (Å²) in [5.41, 5.74) is 0. The highest BCUT2D eigenvalue weighted by Gasteiger charge is 2.36. The number of halogens is 1. The maximum atomic E-state index is 5.36. The highest BCUT2D eigenvalue weighted by atomic mass is 127.